The number of likely N-dealkylation sites (tertiary alicyclic amines) is 1. The zero-order chi connectivity index (χ0) is 13.3. The quantitative estimate of drug-likeness (QED) is 0.757. The smallest absolute Gasteiger partial charge is 0.255 e. The number of piperidine rings is 1. The summed E-state index contributed by atoms with van der Waals surface area (Å²) in [4.78, 5) is 30.0. The zero-order valence-corrected chi connectivity index (χ0v) is 10.7. The lowest BCUT2D eigenvalue weighted by atomic mass is 9.87. The Kier molecular flexibility index (Phi) is 3.06. The maximum Gasteiger partial charge on any atom is 0.255 e. The van der Waals surface area contributed by atoms with Crippen LogP contribution in [-0.2, 0) is 9.53 Å². The van der Waals surface area contributed by atoms with Crippen LogP contribution in [-0.4, -0.2) is 46.9 Å². The highest BCUT2D eigenvalue weighted by Crippen LogP contribution is 2.33. The molecular weight excluding hydrogens is 244 g/mol. The molecule has 0 aliphatic carbocycles. The van der Waals surface area contributed by atoms with E-state index < -0.39 is 5.60 Å². The first-order chi connectivity index (χ1) is 9.21. The molecule has 100 valence electrons. The van der Waals surface area contributed by atoms with Crippen LogP contribution in [0.15, 0.2) is 24.5 Å². The van der Waals surface area contributed by atoms with Gasteiger partial charge in [0.25, 0.3) is 5.91 Å². The molecule has 3 heterocycles. The first kappa shape index (κ1) is 12.3. The molecule has 0 saturated carbocycles. The van der Waals surface area contributed by atoms with Gasteiger partial charge in [0, 0.05) is 32.0 Å². The number of amides is 1. The van der Waals surface area contributed by atoms with Crippen LogP contribution < -0.4 is 0 Å². The van der Waals surface area contributed by atoms with Gasteiger partial charge in [-0.2, -0.15) is 0 Å². The van der Waals surface area contributed by atoms with Crippen LogP contribution in [0.25, 0.3) is 0 Å². The number of pyridine rings is 1. The molecule has 1 amide bonds. The largest absolute Gasteiger partial charge is 0.367 e. The molecule has 2 fully saturated rings. The Labute approximate surface area is 111 Å². The van der Waals surface area contributed by atoms with Crippen molar-refractivity contribution in [2.75, 3.05) is 19.7 Å². The number of ether oxygens (including phenoxy) is 1. The Morgan fingerprint density at radius 3 is 2.95 bits per heavy atom. The highest BCUT2D eigenvalue weighted by molar-refractivity contribution is 5.99. The standard InChI is InChI=1S/C14H16N2O3/c17-12-10-16(7-5-14(12)4-2-8-19-14)13(18)11-3-1-6-15-9-11/h1,3,6,9H,2,4-5,7-8,10H2. The van der Waals surface area contributed by atoms with E-state index in [-0.39, 0.29) is 18.2 Å². The minimum absolute atomic E-state index is 0.0356. The van der Waals surface area contributed by atoms with Gasteiger partial charge in [-0.3, -0.25) is 14.6 Å². The summed E-state index contributed by atoms with van der Waals surface area (Å²) in [5.41, 5.74) is -0.0790. The second kappa shape index (κ2) is 4.74. The van der Waals surface area contributed by atoms with Gasteiger partial charge in [0.15, 0.2) is 5.78 Å². The van der Waals surface area contributed by atoms with E-state index in [4.69, 9.17) is 4.74 Å². The number of nitrogens with zero attached hydrogens (tertiary/aromatic N) is 2. The Hall–Kier alpha value is -1.75. The summed E-state index contributed by atoms with van der Waals surface area (Å²) in [6.07, 6.45) is 5.49. The molecule has 1 aromatic rings. The predicted molar refractivity (Wildman–Crippen MR) is 67.7 cm³/mol. The van der Waals surface area contributed by atoms with Gasteiger partial charge in [-0.15, -0.1) is 0 Å². The SMILES string of the molecule is O=C(c1cccnc1)N1CCC2(CCCO2)C(=O)C1. The summed E-state index contributed by atoms with van der Waals surface area (Å²) in [6.45, 7) is 1.37. The van der Waals surface area contributed by atoms with E-state index in [1.165, 1.54) is 6.20 Å². The Balaban J connectivity index is 1.72. The van der Waals surface area contributed by atoms with E-state index in [1.54, 1.807) is 23.2 Å². The molecule has 1 spiro atoms. The number of carbonyl (C=O) groups excluding carboxylic acids is 2. The second-order valence-corrected chi connectivity index (χ2v) is 5.09. The van der Waals surface area contributed by atoms with E-state index in [0.717, 1.165) is 12.8 Å². The summed E-state index contributed by atoms with van der Waals surface area (Å²) >= 11 is 0. The second-order valence-electron chi connectivity index (χ2n) is 5.09. The number of Topliss-reactive ketones (excluding diaryl/α,β-unsaturated/α-hetero) is 1. The molecule has 2 aliphatic heterocycles. The molecule has 0 bridgehead atoms. The first-order valence-electron chi connectivity index (χ1n) is 6.58. The van der Waals surface area contributed by atoms with E-state index in [9.17, 15) is 9.59 Å². The maximum atomic E-state index is 12.2. The first-order valence-corrected chi connectivity index (χ1v) is 6.58. The minimum atomic E-state index is -0.605. The lowest BCUT2D eigenvalue weighted by Gasteiger charge is -2.37. The van der Waals surface area contributed by atoms with Crippen LogP contribution in [0.5, 0.6) is 0 Å². The summed E-state index contributed by atoms with van der Waals surface area (Å²) in [5.74, 6) is -0.0946. The fourth-order valence-electron chi connectivity index (χ4n) is 2.81. The van der Waals surface area contributed by atoms with E-state index in [0.29, 0.717) is 25.1 Å². The van der Waals surface area contributed by atoms with Gasteiger partial charge in [0.05, 0.1) is 12.1 Å². The van der Waals surface area contributed by atoms with Crippen LogP contribution in [0.1, 0.15) is 29.6 Å². The topological polar surface area (TPSA) is 59.5 Å². The monoisotopic (exact) mass is 260 g/mol. The third-order valence-corrected chi connectivity index (χ3v) is 3.93. The van der Waals surface area contributed by atoms with Gasteiger partial charge in [-0.1, -0.05) is 0 Å². The third-order valence-electron chi connectivity index (χ3n) is 3.93. The van der Waals surface area contributed by atoms with Crippen LogP contribution >= 0.6 is 0 Å². The van der Waals surface area contributed by atoms with Crippen molar-refractivity contribution in [3.8, 4) is 0 Å². The number of hydrogen-bond acceptors (Lipinski definition) is 4. The molecule has 19 heavy (non-hydrogen) atoms. The van der Waals surface area contributed by atoms with Crippen LogP contribution in [0.3, 0.4) is 0 Å². The summed E-state index contributed by atoms with van der Waals surface area (Å²) < 4.78 is 5.63. The molecule has 5 heteroatoms. The zero-order valence-electron chi connectivity index (χ0n) is 10.7. The molecule has 5 nitrogen and oxygen atoms in total. The van der Waals surface area contributed by atoms with Gasteiger partial charge >= 0.3 is 0 Å². The Morgan fingerprint density at radius 1 is 1.42 bits per heavy atom. The van der Waals surface area contributed by atoms with Crippen molar-refractivity contribution in [1.29, 1.82) is 0 Å². The minimum Gasteiger partial charge on any atom is -0.367 e. The van der Waals surface area contributed by atoms with Crippen molar-refractivity contribution in [3.63, 3.8) is 0 Å². The average molecular weight is 260 g/mol. The molecule has 2 saturated heterocycles. The Bertz CT molecular complexity index is 495. The van der Waals surface area contributed by atoms with Crippen LogP contribution in [0.4, 0.5) is 0 Å². The van der Waals surface area contributed by atoms with Crippen LogP contribution in [0, 0.1) is 0 Å². The molecule has 3 rings (SSSR count). The highest BCUT2D eigenvalue weighted by Gasteiger charge is 2.46. The van der Waals surface area contributed by atoms with E-state index >= 15 is 0 Å². The summed E-state index contributed by atoms with van der Waals surface area (Å²) in [7, 11) is 0. The van der Waals surface area contributed by atoms with Crippen molar-refractivity contribution in [2.24, 2.45) is 0 Å². The molecule has 1 unspecified atom stereocenters. The molecular formula is C14H16N2O3. The van der Waals surface area contributed by atoms with Gasteiger partial charge in [-0.05, 0) is 25.0 Å². The van der Waals surface area contributed by atoms with Crippen LogP contribution in [0.2, 0.25) is 0 Å². The van der Waals surface area contributed by atoms with E-state index in [1.807, 2.05) is 0 Å². The van der Waals surface area contributed by atoms with Gasteiger partial charge in [0.1, 0.15) is 5.60 Å². The highest BCUT2D eigenvalue weighted by atomic mass is 16.5. The number of ketones is 1. The van der Waals surface area contributed by atoms with Crippen molar-refractivity contribution >= 4 is 11.7 Å². The van der Waals surface area contributed by atoms with Crippen molar-refractivity contribution in [2.45, 2.75) is 24.9 Å². The fraction of sp³-hybridized carbons (Fsp3) is 0.500. The van der Waals surface area contributed by atoms with Crippen molar-refractivity contribution in [1.82, 2.24) is 9.88 Å². The number of hydrogen-bond donors (Lipinski definition) is 0. The van der Waals surface area contributed by atoms with Crippen molar-refractivity contribution < 1.29 is 14.3 Å². The molecule has 0 aromatic carbocycles. The number of carbonyl (C=O) groups is 2. The normalized spacial score (nSPS) is 26.9. The van der Waals surface area contributed by atoms with Crippen molar-refractivity contribution in [3.05, 3.63) is 30.1 Å². The van der Waals surface area contributed by atoms with E-state index in [2.05, 4.69) is 4.98 Å². The molecule has 2 aliphatic rings. The fourth-order valence-corrected chi connectivity index (χ4v) is 2.81. The van der Waals surface area contributed by atoms with Gasteiger partial charge < -0.3 is 9.64 Å². The lowest BCUT2D eigenvalue weighted by molar-refractivity contribution is -0.144. The summed E-state index contributed by atoms with van der Waals surface area (Å²) in [6, 6.07) is 3.44. The number of aromatic nitrogens is 1. The predicted octanol–water partition coefficient (Wildman–Crippen LogP) is 1.05. The number of rotatable bonds is 1. The molecule has 1 atom stereocenters. The molecule has 0 radical (unpaired) electrons. The molecule has 1 aromatic heterocycles. The van der Waals surface area contributed by atoms with Gasteiger partial charge in [0.2, 0.25) is 0 Å². The maximum absolute atomic E-state index is 12.2. The summed E-state index contributed by atoms with van der Waals surface area (Å²) in [5, 5.41) is 0. The Morgan fingerprint density at radius 2 is 2.32 bits per heavy atom. The third kappa shape index (κ3) is 2.14. The lowest BCUT2D eigenvalue weighted by Crippen LogP contribution is -2.53. The van der Waals surface area contributed by atoms with Gasteiger partial charge in [-0.25, -0.2) is 0 Å². The average Bonchev–Trinajstić information content (AvgIpc) is 2.92. The molecule has 0 N–H and O–H groups in total.